The zero-order valence-electron chi connectivity index (χ0n) is 13.1. The van der Waals surface area contributed by atoms with Gasteiger partial charge in [0.2, 0.25) is 5.91 Å². The van der Waals surface area contributed by atoms with Crippen LogP contribution in [0.4, 0.5) is 5.69 Å². The molecule has 2 fully saturated rings. The van der Waals surface area contributed by atoms with Crippen LogP contribution < -0.4 is 10.6 Å². The van der Waals surface area contributed by atoms with Gasteiger partial charge in [-0.3, -0.25) is 9.69 Å². The minimum Gasteiger partial charge on any atom is -0.325 e. The Labute approximate surface area is 126 Å². The maximum absolute atomic E-state index is 12.3. The zero-order chi connectivity index (χ0) is 15.0. The summed E-state index contributed by atoms with van der Waals surface area (Å²) in [4.78, 5) is 14.6. The standard InChI is InChI=1S/C17H25N3O/c1-11-4-5-15(6-12(11)2)19-17(21)10-20-9-14-7-18-8-16(14)13(20)3/h4-6,13-14,16,18H,7-10H2,1-3H3,(H,19,21). The molecular formula is C17H25N3O. The minimum atomic E-state index is 0.0954. The summed E-state index contributed by atoms with van der Waals surface area (Å²) < 4.78 is 0. The van der Waals surface area contributed by atoms with Crippen LogP contribution in [0.3, 0.4) is 0 Å². The monoisotopic (exact) mass is 287 g/mol. The van der Waals surface area contributed by atoms with Crippen molar-refractivity contribution < 1.29 is 4.79 Å². The molecule has 3 unspecified atom stereocenters. The summed E-state index contributed by atoms with van der Waals surface area (Å²) in [6.45, 7) is 10.1. The topological polar surface area (TPSA) is 44.4 Å². The van der Waals surface area contributed by atoms with Gasteiger partial charge in [0.25, 0.3) is 0 Å². The number of aryl methyl sites for hydroxylation is 2. The number of hydrogen-bond donors (Lipinski definition) is 2. The van der Waals surface area contributed by atoms with E-state index in [2.05, 4.69) is 42.4 Å². The molecule has 4 nitrogen and oxygen atoms in total. The number of benzene rings is 1. The second kappa shape index (κ2) is 5.78. The maximum Gasteiger partial charge on any atom is 0.238 e. The fourth-order valence-electron chi connectivity index (χ4n) is 3.67. The maximum atomic E-state index is 12.3. The average Bonchev–Trinajstić information content (AvgIpc) is 2.99. The molecule has 1 amide bonds. The Morgan fingerprint density at radius 1 is 1.33 bits per heavy atom. The predicted molar refractivity (Wildman–Crippen MR) is 85.4 cm³/mol. The fourth-order valence-corrected chi connectivity index (χ4v) is 3.67. The van der Waals surface area contributed by atoms with Gasteiger partial charge in [-0.15, -0.1) is 0 Å². The Balaban J connectivity index is 1.58. The Bertz CT molecular complexity index is 543. The molecule has 2 N–H and O–H groups in total. The van der Waals surface area contributed by atoms with E-state index in [0.29, 0.717) is 18.5 Å². The highest BCUT2D eigenvalue weighted by Crippen LogP contribution is 2.31. The van der Waals surface area contributed by atoms with Crippen molar-refractivity contribution in [1.29, 1.82) is 0 Å². The zero-order valence-corrected chi connectivity index (χ0v) is 13.1. The van der Waals surface area contributed by atoms with Crippen LogP contribution in [0.15, 0.2) is 18.2 Å². The third-order valence-corrected chi connectivity index (χ3v) is 5.19. The first-order chi connectivity index (χ1) is 10.0. The first-order valence-electron chi connectivity index (χ1n) is 7.86. The van der Waals surface area contributed by atoms with Crippen LogP contribution in [0, 0.1) is 25.7 Å². The number of amides is 1. The highest BCUT2D eigenvalue weighted by Gasteiger charge is 2.42. The van der Waals surface area contributed by atoms with Crippen LogP contribution in [0.25, 0.3) is 0 Å². The smallest absolute Gasteiger partial charge is 0.238 e. The van der Waals surface area contributed by atoms with Gasteiger partial charge in [0.15, 0.2) is 0 Å². The van der Waals surface area contributed by atoms with Crippen molar-refractivity contribution >= 4 is 11.6 Å². The number of carbonyl (C=O) groups excluding carboxylic acids is 1. The van der Waals surface area contributed by atoms with Crippen molar-refractivity contribution in [3.8, 4) is 0 Å². The number of fused-ring (bicyclic) bond motifs is 1. The largest absolute Gasteiger partial charge is 0.325 e. The van der Waals surface area contributed by atoms with Gasteiger partial charge in [0.1, 0.15) is 0 Å². The lowest BCUT2D eigenvalue weighted by Crippen LogP contribution is -2.38. The summed E-state index contributed by atoms with van der Waals surface area (Å²) in [5.74, 6) is 1.52. The number of anilines is 1. The van der Waals surface area contributed by atoms with Gasteiger partial charge in [-0.25, -0.2) is 0 Å². The number of carbonyl (C=O) groups is 1. The molecule has 0 radical (unpaired) electrons. The average molecular weight is 287 g/mol. The lowest BCUT2D eigenvalue weighted by atomic mass is 9.95. The Morgan fingerprint density at radius 3 is 2.86 bits per heavy atom. The molecule has 0 aliphatic carbocycles. The normalized spacial score (nSPS) is 28.6. The summed E-state index contributed by atoms with van der Waals surface area (Å²) in [5.41, 5.74) is 3.36. The molecule has 4 heteroatoms. The van der Waals surface area contributed by atoms with Crippen LogP contribution in [0.1, 0.15) is 18.1 Å². The van der Waals surface area contributed by atoms with E-state index in [-0.39, 0.29) is 5.91 Å². The van der Waals surface area contributed by atoms with E-state index >= 15 is 0 Å². The Morgan fingerprint density at radius 2 is 2.14 bits per heavy atom. The second-order valence-electron chi connectivity index (χ2n) is 6.60. The first kappa shape index (κ1) is 14.5. The van der Waals surface area contributed by atoms with Crippen LogP contribution in [-0.2, 0) is 4.79 Å². The van der Waals surface area contributed by atoms with Crippen LogP contribution in [-0.4, -0.2) is 43.0 Å². The van der Waals surface area contributed by atoms with Gasteiger partial charge < -0.3 is 10.6 Å². The van der Waals surface area contributed by atoms with Crippen LogP contribution in [0.2, 0.25) is 0 Å². The molecule has 1 aromatic rings. The van der Waals surface area contributed by atoms with Crippen molar-refractivity contribution in [2.75, 3.05) is 31.5 Å². The molecule has 0 bridgehead atoms. The fraction of sp³-hybridized carbons (Fsp3) is 0.588. The predicted octanol–water partition coefficient (Wildman–Crippen LogP) is 1.78. The number of likely N-dealkylation sites (tertiary alicyclic amines) is 1. The number of nitrogens with zero attached hydrogens (tertiary/aromatic N) is 1. The molecule has 0 aromatic heterocycles. The summed E-state index contributed by atoms with van der Waals surface area (Å²) in [5, 5.41) is 6.48. The first-order valence-corrected chi connectivity index (χ1v) is 7.86. The number of rotatable bonds is 3. The molecule has 0 saturated carbocycles. The van der Waals surface area contributed by atoms with Crippen molar-refractivity contribution in [1.82, 2.24) is 10.2 Å². The highest BCUT2D eigenvalue weighted by atomic mass is 16.2. The Kier molecular flexibility index (Phi) is 4.00. The van der Waals surface area contributed by atoms with E-state index in [1.54, 1.807) is 0 Å². The van der Waals surface area contributed by atoms with Gasteiger partial charge in [-0.1, -0.05) is 6.07 Å². The molecule has 3 rings (SSSR count). The molecule has 2 aliphatic heterocycles. The molecule has 114 valence electrons. The van der Waals surface area contributed by atoms with Gasteiger partial charge in [-0.05, 0) is 69.0 Å². The van der Waals surface area contributed by atoms with Crippen molar-refractivity contribution in [3.63, 3.8) is 0 Å². The van der Waals surface area contributed by atoms with Gasteiger partial charge in [0.05, 0.1) is 6.54 Å². The SMILES string of the molecule is Cc1ccc(NC(=O)CN2CC3CNCC3C2C)cc1C. The van der Waals surface area contributed by atoms with Gasteiger partial charge >= 0.3 is 0 Å². The van der Waals surface area contributed by atoms with Crippen molar-refractivity contribution in [2.24, 2.45) is 11.8 Å². The minimum absolute atomic E-state index is 0.0954. The summed E-state index contributed by atoms with van der Waals surface area (Å²) in [6, 6.07) is 6.57. The molecular weight excluding hydrogens is 262 g/mol. The van der Waals surface area contributed by atoms with Crippen molar-refractivity contribution in [3.05, 3.63) is 29.3 Å². The van der Waals surface area contributed by atoms with E-state index < -0.39 is 0 Å². The third kappa shape index (κ3) is 2.97. The highest BCUT2D eigenvalue weighted by molar-refractivity contribution is 5.92. The quantitative estimate of drug-likeness (QED) is 0.891. The molecule has 2 heterocycles. The van der Waals surface area contributed by atoms with Crippen LogP contribution >= 0.6 is 0 Å². The van der Waals surface area contributed by atoms with Crippen molar-refractivity contribution in [2.45, 2.75) is 26.8 Å². The van der Waals surface area contributed by atoms with Gasteiger partial charge in [-0.2, -0.15) is 0 Å². The summed E-state index contributed by atoms with van der Waals surface area (Å²) in [6.07, 6.45) is 0. The molecule has 21 heavy (non-hydrogen) atoms. The third-order valence-electron chi connectivity index (χ3n) is 5.19. The summed E-state index contributed by atoms with van der Waals surface area (Å²) in [7, 11) is 0. The molecule has 0 spiro atoms. The number of nitrogens with one attached hydrogen (secondary N) is 2. The van der Waals surface area contributed by atoms with Gasteiger partial charge in [0, 0.05) is 18.3 Å². The van der Waals surface area contributed by atoms with Crippen LogP contribution in [0.5, 0.6) is 0 Å². The second-order valence-corrected chi connectivity index (χ2v) is 6.60. The Hall–Kier alpha value is -1.39. The van der Waals surface area contributed by atoms with E-state index in [1.165, 1.54) is 11.1 Å². The molecule has 3 atom stereocenters. The summed E-state index contributed by atoms with van der Waals surface area (Å²) >= 11 is 0. The lowest BCUT2D eigenvalue weighted by Gasteiger charge is -2.23. The van der Waals surface area contributed by atoms with E-state index in [1.807, 2.05) is 12.1 Å². The molecule has 1 aromatic carbocycles. The molecule has 2 aliphatic rings. The number of hydrogen-bond acceptors (Lipinski definition) is 3. The van der Waals surface area contributed by atoms with E-state index in [0.717, 1.165) is 31.2 Å². The van der Waals surface area contributed by atoms with E-state index in [4.69, 9.17) is 0 Å². The molecule has 2 saturated heterocycles. The lowest BCUT2D eigenvalue weighted by molar-refractivity contribution is -0.117. The van der Waals surface area contributed by atoms with E-state index in [9.17, 15) is 4.79 Å².